The van der Waals surface area contributed by atoms with Gasteiger partial charge in [0.05, 0.1) is 13.2 Å². The minimum Gasteiger partial charge on any atom is -0.379 e. The smallest absolute Gasteiger partial charge is 0.244 e. The lowest BCUT2D eigenvalue weighted by atomic mass is 9.95. The van der Waals surface area contributed by atoms with Gasteiger partial charge in [-0.3, -0.25) is 9.69 Å². The van der Waals surface area contributed by atoms with E-state index in [4.69, 9.17) is 10.5 Å². The highest BCUT2D eigenvalue weighted by atomic mass is 16.5. The summed E-state index contributed by atoms with van der Waals surface area (Å²) in [5.41, 5.74) is 8.28. The molecule has 0 spiro atoms. The van der Waals surface area contributed by atoms with E-state index in [1.807, 2.05) is 36.1 Å². The number of benzene rings is 1. The lowest BCUT2D eigenvalue weighted by molar-refractivity contribution is -0.134. The van der Waals surface area contributed by atoms with Crippen LogP contribution in [0.2, 0.25) is 0 Å². The summed E-state index contributed by atoms with van der Waals surface area (Å²) in [7, 11) is 0. The number of likely N-dealkylation sites (tertiary alicyclic amines) is 1. The van der Waals surface area contributed by atoms with Crippen molar-refractivity contribution in [3.05, 3.63) is 35.4 Å². The van der Waals surface area contributed by atoms with Gasteiger partial charge in [0, 0.05) is 32.7 Å². The molecule has 1 aromatic carbocycles. The van der Waals surface area contributed by atoms with Crippen LogP contribution in [0.4, 0.5) is 0 Å². The summed E-state index contributed by atoms with van der Waals surface area (Å²) in [4.78, 5) is 17.1. The summed E-state index contributed by atoms with van der Waals surface area (Å²) in [6, 6.07) is 7.40. The maximum Gasteiger partial charge on any atom is 0.244 e. The number of piperidine rings is 1. The van der Waals surface area contributed by atoms with Crippen molar-refractivity contribution in [3.63, 3.8) is 0 Å². The van der Waals surface area contributed by atoms with Gasteiger partial charge in [0.15, 0.2) is 0 Å². The van der Waals surface area contributed by atoms with Crippen molar-refractivity contribution in [2.75, 3.05) is 45.9 Å². The first-order valence-corrected chi connectivity index (χ1v) is 9.04. The molecular formula is C19H29N3O2. The zero-order valence-electron chi connectivity index (χ0n) is 14.6. The van der Waals surface area contributed by atoms with Crippen LogP contribution in [-0.2, 0) is 9.53 Å². The molecule has 0 radical (unpaired) electrons. The van der Waals surface area contributed by atoms with Gasteiger partial charge in [0.1, 0.15) is 6.04 Å². The largest absolute Gasteiger partial charge is 0.379 e. The Hall–Kier alpha value is -1.43. The third kappa shape index (κ3) is 4.35. The molecule has 2 saturated heterocycles. The van der Waals surface area contributed by atoms with Gasteiger partial charge in [-0.05, 0) is 31.2 Å². The van der Waals surface area contributed by atoms with E-state index < -0.39 is 6.04 Å². The summed E-state index contributed by atoms with van der Waals surface area (Å²) in [6.07, 6.45) is 2.15. The minimum atomic E-state index is -0.540. The van der Waals surface area contributed by atoms with Gasteiger partial charge in [0.2, 0.25) is 5.91 Å². The lowest BCUT2D eigenvalue weighted by Gasteiger charge is -2.36. The average molecular weight is 331 g/mol. The van der Waals surface area contributed by atoms with Crippen LogP contribution in [0.3, 0.4) is 0 Å². The van der Waals surface area contributed by atoms with E-state index in [1.165, 1.54) is 5.56 Å². The van der Waals surface area contributed by atoms with Gasteiger partial charge in [-0.15, -0.1) is 0 Å². The molecule has 2 N–H and O–H groups in total. The highest BCUT2D eigenvalue weighted by molar-refractivity contribution is 5.83. The lowest BCUT2D eigenvalue weighted by Crippen LogP contribution is -2.46. The predicted octanol–water partition coefficient (Wildman–Crippen LogP) is 1.57. The molecule has 1 amide bonds. The summed E-state index contributed by atoms with van der Waals surface area (Å²) in [5, 5.41) is 0. The molecule has 2 aliphatic heterocycles. The minimum absolute atomic E-state index is 0.0590. The standard InChI is InChI=1S/C19H29N3O2/c1-15-2-4-17(5-3-15)18(20)19(23)22-8-6-16(7-9-22)14-21-10-12-24-13-11-21/h2-5,16,18H,6-14,20H2,1H3. The number of hydrogen-bond acceptors (Lipinski definition) is 4. The average Bonchev–Trinajstić information content (AvgIpc) is 2.63. The zero-order chi connectivity index (χ0) is 16.9. The van der Waals surface area contributed by atoms with E-state index >= 15 is 0 Å². The molecule has 0 aliphatic carbocycles. The zero-order valence-corrected chi connectivity index (χ0v) is 14.6. The number of hydrogen-bond donors (Lipinski definition) is 1. The second kappa shape index (κ2) is 8.10. The Labute approximate surface area is 144 Å². The maximum atomic E-state index is 12.7. The summed E-state index contributed by atoms with van der Waals surface area (Å²) >= 11 is 0. The van der Waals surface area contributed by atoms with Crippen molar-refractivity contribution in [1.29, 1.82) is 0 Å². The molecular weight excluding hydrogens is 302 g/mol. The molecule has 3 rings (SSSR count). The Kier molecular flexibility index (Phi) is 5.87. The molecule has 0 aromatic heterocycles. The Balaban J connectivity index is 1.48. The van der Waals surface area contributed by atoms with E-state index in [2.05, 4.69) is 4.90 Å². The fourth-order valence-corrected chi connectivity index (χ4v) is 3.60. The van der Waals surface area contributed by atoms with Gasteiger partial charge in [0.25, 0.3) is 0 Å². The summed E-state index contributed by atoms with van der Waals surface area (Å²) < 4.78 is 5.40. The normalized spacial score (nSPS) is 21.7. The number of ether oxygens (including phenoxy) is 1. The van der Waals surface area contributed by atoms with Gasteiger partial charge >= 0.3 is 0 Å². The number of amides is 1. The summed E-state index contributed by atoms with van der Waals surface area (Å²) in [5.74, 6) is 0.742. The number of carbonyl (C=O) groups is 1. The topological polar surface area (TPSA) is 58.8 Å². The first kappa shape index (κ1) is 17.4. The molecule has 2 fully saturated rings. The van der Waals surface area contributed by atoms with Crippen molar-refractivity contribution in [2.24, 2.45) is 11.7 Å². The molecule has 0 saturated carbocycles. The number of nitrogens with zero attached hydrogens (tertiary/aromatic N) is 2. The highest BCUT2D eigenvalue weighted by Gasteiger charge is 2.28. The summed E-state index contributed by atoms with van der Waals surface area (Å²) in [6.45, 7) is 8.60. The molecule has 24 heavy (non-hydrogen) atoms. The molecule has 1 unspecified atom stereocenters. The van der Waals surface area contributed by atoms with Gasteiger partial charge in [-0.2, -0.15) is 0 Å². The van der Waals surface area contributed by atoms with Gasteiger partial charge in [-0.1, -0.05) is 29.8 Å². The molecule has 1 atom stereocenters. The third-order valence-electron chi connectivity index (χ3n) is 5.25. The SMILES string of the molecule is Cc1ccc(C(N)C(=O)N2CCC(CN3CCOCC3)CC2)cc1. The van der Waals surface area contributed by atoms with Crippen LogP contribution in [0.5, 0.6) is 0 Å². The van der Waals surface area contributed by atoms with E-state index in [1.54, 1.807) is 0 Å². The molecule has 2 heterocycles. The molecule has 132 valence electrons. The van der Waals surface area contributed by atoms with Crippen LogP contribution in [0.1, 0.15) is 30.0 Å². The van der Waals surface area contributed by atoms with Crippen LogP contribution < -0.4 is 5.73 Å². The van der Waals surface area contributed by atoms with Crippen LogP contribution >= 0.6 is 0 Å². The van der Waals surface area contributed by atoms with E-state index in [9.17, 15) is 4.79 Å². The number of rotatable bonds is 4. The van der Waals surface area contributed by atoms with Crippen molar-refractivity contribution in [2.45, 2.75) is 25.8 Å². The van der Waals surface area contributed by atoms with Crippen LogP contribution in [0.15, 0.2) is 24.3 Å². The maximum absolute atomic E-state index is 12.7. The van der Waals surface area contributed by atoms with E-state index in [0.717, 1.165) is 64.3 Å². The number of nitrogens with two attached hydrogens (primary N) is 1. The fraction of sp³-hybridized carbons (Fsp3) is 0.632. The van der Waals surface area contributed by atoms with E-state index in [0.29, 0.717) is 5.92 Å². The van der Waals surface area contributed by atoms with Crippen LogP contribution in [-0.4, -0.2) is 61.6 Å². The van der Waals surface area contributed by atoms with Crippen molar-refractivity contribution in [3.8, 4) is 0 Å². The Bertz CT molecular complexity index is 532. The van der Waals surface area contributed by atoms with Crippen LogP contribution in [0.25, 0.3) is 0 Å². The van der Waals surface area contributed by atoms with E-state index in [-0.39, 0.29) is 5.91 Å². The Morgan fingerprint density at radius 1 is 1.17 bits per heavy atom. The Morgan fingerprint density at radius 2 is 1.79 bits per heavy atom. The Morgan fingerprint density at radius 3 is 2.42 bits per heavy atom. The first-order valence-electron chi connectivity index (χ1n) is 9.04. The molecule has 5 heteroatoms. The number of morpholine rings is 1. The van der Waals surface area contributed by atoms with Crippen LogP contribution in [0, 0.1) is 12.8 Å². The quantitative estimate of drug-likeness (QED) is 0.910. The van der Waals surface area contributed by atoms with Crippen molar-refractivity contribution < 1.29 is 9.53 Å². The molecule has 2 aliphatic rings. The second-order valence-corrected chi connectivity index (χ2v) is 7.07. The third-order valence-corrected chi connectivity index (χ3v) is 5.25. The molecule has 1 aromatic rings. The van der Waals surface area contributed by atoms with Crippen molar-refractivity contribution >= 4 is 5.91 Å². The predicted molar refractivity (Wildman–Crippen MR) is 94.7 cm³/mol. The highest BCUT2D eigenvalue weighted by Crippen LogP contribution is 2.22. The molecule has 0 bridgehead atoms. The van der Waals surface area contributed by atoms with Gasteiger partial charge in [-0.25, -0.2) is 0 Å². The number of aryl methyl sites for hydroxylation is 1. The van der Waals surface area contributed by atoms with Gasteiger partial charge < -0.3 is 15.4 Å². The second-order valence-electron chi connectivity index (χ2n) is 7.07. The molecule has 5 nitrogen and oxygen atoms in total. The fourth-order valence-electron chi connectivity index (χ4n) is 3.60. The monoisotopic (exact) mass is 331 g/mol. The van der Waals surface area contributed by atoms with Crippen molar-refractivity contribution in [1.82, 2.24) is 9.80 Å². The number of carbonyl (C=O) groups excluding carboxylic acids is 1. The first-order chi connectivity index (χ1) is 11.6.